The first-order valence-corrected chi connectivity index (χ1v) is 10.1. The second-order valence-corrected chi connectivity index (χ2v) is 7.97. The Morgan fingerprint density at radius 3 is 2.45 bits per heavy atom. The van der Waals surface area contributed by atoms with Gasteiger partial charge in [0.2, 0.25) is 0 Å². The van der Waals surface area contributed by atoms with Gasteiger partial charge in [-0.25, -0.2) is 4.98 Å². The third kappa shape index (κ3) is 3.80. The summed E-state index contributed by atoms with van der Waals surface area (Å²) in [5, 5.41) is 14.0. The molecule has 1 N–H and O–H groups in total. The molecule has 0 unspecified atom stereocenters. The van der Waals surface area contributed by atoms with E-state index in [2.05, 4.69) is 10.3 Å². The number of nitrogens with one attached hydrogen (secondary N) is 1. The zero-order valence-corrected chi connectivity index (χ0v) is 17.1. The molecule has 0 fully saturated rings. The maximum absolute atomic E-state index is 12.5. The number of carbonyl (C=O) groups is 3. The number of nitro groups is 1. The van der Waals surface area contributed by atoms with Crippen molar-refractivity contribution in [3.8, 4) is 0 Å². The highest BCUT2D eigenvalue weighted by Gasteiger charge is 2.34. The molecule has 1 aliphatic rings. The Kier molecular flexibility index (Phi) is 5.30. The van der Waals surface area contributed by atoms with E-state index in [9.17, 15) is 24.5 Å². The molecule has 1 aromatic heterocycles. The summed E-state index contributed by atoms with van der Waals surface area (Å²) in [6, 6.07) is 11.0. The predicted molar refractivity (Wildman–Crippen MR) is 113 cm³/mol. The number of fused-ring (bicyclic) bond motifs is 1. The minimum Gasteiger partial charge on any atom is -0.298 e. The van der Waals surface area contributed by atoms with Gasteiger partial charge >= 0.3 is 0 Å². The van der Waals surface area contributed by atoms with Crippen molar-refractivity contribution in [1.82, 2.24) is 9.88 Å². The molecule has 9 nitrogen and oxygen atoms in total. The summed E-state index contributed by atoms with van der Waals surface area (Å²) in [5.74, 6) is -1.14. The van der Waals surface area contributed by atoms with Gasteiger partial charge in [-0.3, -0.25) is 34.7 Å². The molecule has 4 rings (SSSR count). The van der Waals surface area contributed by atoms with Crippen LogP contribution in [0.25, 0.3) is 0 Å². The lowest BCUT2D eigenvalue weighted by Crippen LogP contribution is -2.31. The number of aromatic nitrogens is 1. The van der Waals surface area contributed by atoms with Gasteiger partial charge in [0.25, 0.3) is 23.4 Å². The van der Waals surface area contributed by atoms with Crippen molar-refractivity contribution in [2.75, 3.05) is 11.9 Å². The number of hydrogen-bond acceptors (Lipinski definition) is 7. The highest BCUT2D eigenvalue weighted by atomic mass is 32.1. The van der Waals surface area contributed by atoms with Gasteiger partial charge < -0.3 is 0 Å². The Hall–Kier alpha value is -3.92. The molecule has 0 spiro atoms. The average molecular weight is 436 g/mol. The molecule has 0 bridgehead atoms. The lowest BCUT2D eigenvalue weighted by atomic mass is 10.1. The molecule has 0 saturated heterocycles. The fourth-order valence-electron chi connectivity index (χ4n) is 3.38. The number of hydrogen-bond donors (Lipinski definition) is 1. The molecule has 31 heavy (non-hydrogen) atoms. The molecule has 0 atom stereocenters. The molecule has 3 aromatic rings. The normalized spacial score (nSPS) is 12.7. The highest BCUT2D eigenvalue weighted by molar-refractivity contribution is 7.15. The molecule has 0 aliphatic carbocycles. The molecule has 156 valence electrons. The molecule has 10 heteroatoms. The fourth-order valence-corrected chi connectivity index (χ4v) is 4.17. The monoisotopic (exact) mass is 436 g/mol. The Bertz CT molecular complexity index is 1200. The van der Waals surface area contributed by atoms with E-state index in [1.807, 2.05) is 0 Å². The van der Waals surface area contributed by atoms with Crippen molar-refractivity contribution in [2.24, 2.45) is 0 Å². The fraction of sp³-hybridized carbons (Fsp3) is 0.143. The Morgan fingerprint density at radius 1 is 1.13 bits per heavy atom. The third-order valence-corrected chi connectivity index (χ3v) is 5.95. The van der Waals surface area contributed by atoms with Crippen LogP contribution in [0.4, 0.5) is 10.8 Å². The van der Waals surface area contributed by atoms with Crippen LogP contribution in [-0.4, -0.2) is 39.1 Å². The van der Waals surface area contributed by atoms with Crippen molar-refractivity contribution < 1.29 is 19.3 Å². The number of thiazole rings is 1. The van der Waals surface area contributed by atoms with Crippen molar-refractivity contribution >= 4 is 39.9 Å². The number of carbonyl (C=O) groups excluding carboxylic acids is 3. The smallest absolute Gasteiger partial charge is 0.273 e. The third-order valence-electron chi connectivity index (χ3n) is 4.98. The number of nitrogens with zero attached hydrogens (tertiary/aromatic N) is 3. The maximum Gasteiger partial charge on any atom is 0.273 e. The molecule has 2 aromatic carbocycles. The van der Waals surface area contributed by atoms with Crippen molar-refractivity contribution in [3.05, 3.63) is 85.9 Å². The number of anilines is 1. The molecule has 0 radical (unpaired) electrons. The van der Waals surface area contributed by atoms with Gasteiger partial charge in [-0.05, 0) is 25.1 Å². The van der Waals surface area contributed by atoms with Gasteiger partial charge in [-0.15, -0.1) is 11.3 Å². The van der Waals surface area contributed by atoms with Gasteiger partial charge in [0.05, 0.1) is 16.1 Å². The van der Waals surface area contributed by atoms with Crippen LogP contribution in [0, 0.1) is 17.0 Å². The summed E-state index contributed by atoms with van der Waals surface area (Å²) in [6.07, 6.45) is 1.97. The van der Waals surface area contributed by atoms with Crippen molar-refractivity contribution in [3.63, 3.8) is 0 Å². The van der Waals surface area contributed by atoms with E-state index in [1.54, 1.807) is 30.5 Å². The van der Waals surface area contributed by atoms with Gasteiger partial charge in [-0.1, -0.05) is 18.2 Å². The second kappa shape index (κ2) is 8.07. The highest BCUT2D eigenvalue weighted by Crippen LogP contribution is 2.26. The quantitative estimate of drug-likeness (QED) is 0.359. The summed E-state index contributed by atoms with van der Waals surface area (Å²) >= 11 is 1.22. The van der Waals surface area contributed by atoms with Gasteiger partial charge in [-0.2, -0.15) is 0 Å². The van der Waals surface area contributed by atoms with Crippen LogP contribution in [0.15, 0.2) is 48.7 Å². The van der Waals surface area contributed by atoms with E-state index in [0.717, 1.165) is 4.88 Å². The van der Waals surface area contributed by atoms with Gasteiger partial charge in [0.15, 0.2) is 5.13 Å². The van der Waals surface area contributed by atoms with E-state index in [1.165, 1.54) is 41.4 Å². The van der Waals surface area contributed by atoms with E-state index in [-0.39, 0.29) is 35.2 Å². The first kappa shape index (κ1) is 20.4. The summed E-state index contributed by atoms with van der Waals surface area (Å²) in [6.45, 7) is 1.72. The lowest BCUT2D eigenvalue weighted by molar-refractivity contribution is -0.385. The first-order valence-electron chi connectivity index (χ1n) is 9.32. The topological polar surface area (TPSA) is 123 Å². The summed E-state index contributed by atoms with van der Waals surface area (Å²) < 4.78 is 0. The summed E-state index contributed by atoms with van der Waals surface area (Å²) in [7, 11) is 0. The number of amides is 3. The number of nitro benzene ring substituents is 1. The number of imide groups is 1. The first-order chi connectivity index (χ1) is 14.9. The van der Waals surface area contributed by atoms with Crippen LogP contribution in [0.3, 0.4) is 0 Å². The zero-order valence-electron chi connectivity index (χ0n) is 16.3. The predicted octanol–water partition coefficient (Wildman–Crippen LogP) is 3.45. The summed E-state index contributed by atoms with van der Waals surface area (Å²) in [4.78, 5) is 54.1. The van der Waals surface area contributed by atoms with Crippen molar-refractivity contribution in [2.45, 2.75) is 13.3 Å². The van der Waals surface area contributed by atoms with E-state index < -0.39 is 10.8 Å². The van der Waals surface area contributed by atoms with Crippen LogP contribution < -0.4 is 5.32 Å². The van der Waals surface area contributed by atoms with Crippen LogP contribution in [0.5, 0.6) is 0 Å². The van der Waals surface area contributed by atoms with Crippen LogP contribution >= 0.6 is 11.3 Å². The van der Waals surface area contributed by atoms with E-state index in [0.29, 0.717) is 22.7 Å². The molecule has 3 amide bonds. The number of rotatable bonds is 6. The van der Waals surface area contributed by atoms with E-state index in [4.69, 9.17) is 0 Å². The van der Waals surface area contributed by atoms with E-state index >= 15 is 0 Å². The molecule has 0 saturated carbocycles. The number of benzene rings is 2. The van der Waals surface area contributed by atoms with Crippen LogP contribution in [0.1, 0.15) is 41.5 Å². The molecular weight excluding hydrogens is 420 g/mol. The molecular formula is C21H16N4O5S. The Balaban J connectivity index is 1.41. The lowest BCUT2D eigenvalue weighted by Gasteiger charge is -2.12. The summed E-state index contributed by atoms with van der Waals surface area (Å²) in [5.41, 5.74) is 1.13. The largest absolute Gasteiger partial charge is 0.298 e. The second-order valence-electron chi connectivity index (χ2n) is 6.85. The Labute approximate surface area is 180 Å². The SMILES string of the molecule is Cc1c(C(=O)Nc2ncc(CCN3C(=O)c4ccccc4C3=O)s2)cccc1[N+](=O)[O-]. The average Bonchev–Trinajstić information content (AvgIpc) is 3.29. The minimum absolute atomic E-state index is 0.131. The Morgan fingerprint density at radius 2 is 1.81 bits per heavy atom. The maximum atomic E-state index is 12.5. The van der Waals surface area contributed by atoms with Gasteiger partial charge in [0.1, 0.15) is 0 Å². The molecule has 1 aliphatic heterocycles. The van der Waals surface area contributed by atoms with Crippen LogP contribution in [0.2, 0.25) is 0 Å². The standard InChI is InChI=1S/C21H16N4O5S/c1-12-14(7-4-8-17(12)25(29)30)18(26)23-21-22-11-13(31-21)9-10-24-19(27)15-5-2-3-6-16(15)20(24)28/h2-8,11H,9-10H2,1H3,(H,22,23,26). The van der Waals surface area contributed by atoms with Crippen molar-refractivity contribution in [1.29, 1.82) is 0 Å². The van der Waals surface area contributed by atoms with Gasteiger partial charge in [0, 0.05) is 41.2 Å². The molecule has 2 heterocycles. The zero-order chi connectivity index (χ0) is 22.1. The minimum atomic E-state index is -0.535. The van der Waals surface area contributed by atoms with Crippen LogP contribution in [-0.2, 0) is 6.42 Å².